The summed E-state index contributed by atoms with van der Waals surface area (Å²) in [4.78, 5) is 14.5. The molecule has 0 saturated carbocycles. The molecule has 0 bridgehead atoms. The van der Waals surface area contributed by atoms with Crippen molar-refractivity contribution in [2.75, 3.05) is 11.4 Å². The van der Waals surface area contributed by atoms with Gasteiger partial charge in [-0.2, -0.15) is 0 Å². The summed E-state index contributed by atoms with van der Waals surface area (Å²) in [7, 11) is 0. The lowest BCUT2D eigenvalue weighted by molar-refractivity contribution is 0.0582. The lowest BCUT2D eigenvalue weighted by Crippen LogP contribution is -2.36. The van der Waals surface area contributed by atoms with E-state index in [4.69, 9.17) is 4.74 Å². The molecule has 1 aliphatic rings. The van der Waals surface area contributed by atoms with E-state index in [0.29, 0.717) is 6.54 Å². The first-order chi connectivity index (χ1) is 12.8. The van der Waals surface area contributed by atoms with Gasteiger partial charge >= 0.3 is 6.09 Å². The van der Waals surface area contributed by atoms with Gasteiger partial charge in [0.1, 0.15) is 5.60 Å². The molecular formula is C24H25NO2. The zero-order valence-electron chi connectivity index (χ0n) is 16.3. The highest BCUT2D eigenvalue weighted by Gasteiger charge is 2.34. The number of carbonyl (C=O) groups excluding carboxylic acids is 1. The summed E-state index contributed by atoms with van der Waals surface area (Å²) in [5.41, 5.74) is 4.13. The van der Waals surface area contributed by atoms with Crippen LogP contribution >= 0.6 is 0 Å². The minimum absolute atomic E-state index is 0.266. The van der Waals surface area contributed by atoms with Crippen molar-refractivity contribution in [1.29, 1.82) is 0 Å². The number of hydrogen-bond donors (Lipinski definition) is 0. The molecule has 1 aliphatic heterocycles. The fourth-order valence-electron chi connectivity index (χ4n) is 3.95. The molecule has 1 heterocycles. The third-order valence-electron chi connectivity index (χ3n) is 5.02. The lowest BCUT2D eigenvalue weighted by atomic mass is 9.91. The van der Waals surface area contributed by atoms with Crippen molar-refractivity contribution >= 4 is 22.6 Å². The maximum Gasteiger partial charge on any atom is 0.414 e. The standard InChI is InChI=1S/C24H25NO2/c1-16-15-25(23(26)27-24(2,3)4)21-14-13-19-18(17-9-6-5-7-10-17)11-8-12-20(19)22(16)21/h5-14,16H,15H2,1-4H3. The molecular weight excluding hydrogens is 334 g/mol. The van der Waals surface area contributed by atoms with E-state index in [1.165, 1.54) is 27.5 Å². The number of fused-ring (bicyclic) bond motifs is 3. The molecule has 3 nitrogen and oxygen atoms in total. The highest BCUT2D eigenvalue weighted by molar-refractivity contribution is 6.04. The third kappa shape index (κ3) is 3.18. The van der Waals surface area contributed by atoms with Crippen LogP contribution in [0.2, 0.25) is 0 Å². The number of carbonyl (C=O) groups is 1. The molecule has 3 heteroatoms. The minimum Gasteiger partial charge on any atom is -0.443 e. The summed E-state index contributed by atoms with van der Waals surface area (Å²) in [5.74, 6) is 0.266. The Balaban J connectivity index is 1.83. The largest absolute Gasteiger partial charge is 0.443 e. The van der Waals surface area contributed by atoms with E-state index in [1.54, 1.807) is 4.90 Å². The monoisotopic (exact) mass is 359 g/mol. The van der Waals surface area contributed by atoms with Gasteiger partial charge < -0.3 is 4.74 Å². The Kier molecular flexibility index (Phi) is 4.18. The van der Waals surface area contributed by atoms with Crippen molar-refractivity contribution in [3.05, 3.63) is 66.2 Å². The predicted octanol–water partition coefficient (Wildman–Crippen LogP) is 6.37. The van der Waals surface area contributed by atoms with Crippen LogP contribution in [-0.4, -0.2) is 18.2 Å². The molecule has 0 N–H and O–H groups in total. The predicted molar refractivity (Wildman–Crippen MR) is 111 cm³/mol. The van der Waals surface area contributed by atoms with Crippen LogP contribution in [0, 0.1) is 0 Å². The van der Waals surface area contributed by atoms with Gasteiger partial charge in [-0.3, -0.25) is 4.90 Å². The fourth-order valence-corrected chi connectivity index (χ4v) is 3.95. The minimum atomic E-state index is -0.500. The average Bonchev–Trinajstić information content (AvgIpc) is 2.98. The van der Waals surface area contributed by atoms with Gasteiger partial charge in [0.25, 0.3) is 0 Å². The maximum atomic E-state index is 12.7. The molecule has 4 rings (SSSR count). The van der Waals surface area contributed by atoms with Crippen LogP contribution in [-0.2, 0) is 4.74 Å². The molecule has 1 atom stereocenters. The highest BCUT2D eigenvalue weighted by atomic mass is 16.6. The lowest BCUT2D eigenvalue weighted by Gasteiger charge is -2.25. The number of ether oxygens (including phenoxy) is 1. The van der Waals surface area contributed by atoms with Gasteiger partial charge in [0.15, 0.2) is 0 Å². The Morgan fingerprint density at radius 2 is 1.70 bits per heavy atom. The molecule has 0 fully saturated rings. The molecule has 3 aromatic carbocycles. The van der Waals surface area contributed by atoms with Crippen LogP contribution in [0.15, 0.2) is 60.7 Å². The second-order valence-corrected chi connectivity index (χ2v) is 8.26. The number of rotatable bonds is 1. The molecule has 0 radical (unpaired) electrons. The normalized spacial score (nSPS) is 16.4. The second kappa shape index (κ2) is 6.41. The summed E-state index contributed by atoms with van der Waals surface area (Å²) in [6.45, 7) is 8.53. The van der Waals surface area contributed by atoms with E-state index in [1.807, 2.05) is 26.8 Å². The summed E-state index contributed by atoms with van der Waals surface area (Å²) in [6.07, 6.45) is -0.272. The van der Waals surface area contributed by atoms with Crippen LogP contribution in [0.5, 0.6) is 0 Å². The Morgan fingerprint density at radius 1 is 0.963 bits per heavy atom. The fraction of sp³-hybridized carbons (Fsp3) is 0.292. The number of nitrogens with zero attached hydrogens (tertiary/aromatic N) is 1. The number of anilines is 1. The van der Waals surface area contributed by atoms with Crippen molar-refractivity contribution < 1.29 is 9.53 Å². The van der Waals surface area contributed by atoms with Crippen molar-refractivity contribution in [2.45, 2.75) is 39.2 Å². The maximum absolute atomic E-state index is 12.7. The van der Waals surface area contributed by atoms with Crippen molar-refractivity contribution in [1.82, 2.24) is 0 Å². The van der Waals surface area contributed by atoms with Gasteiger partial charge in [0.05, 0.1) is 5.69 Å². The number of benzene rings is 3. The van der Waals surface area contributed by atoms with Gasteiger partial charge in [-0.05, 0) is 54.3 Å². The van der Waals surface area contributed by atoms with Gasteiger partial charge in [-0.1, -0.05) is 61.5 Å². The van der Waals surface area contributed by atoms with Crippen LogP contribution in [0.4, 0.5) is 10.5 Å². The van der Waals surface area contributed by atoms with Crippen LogP contribution in [0.1, 0.15) is 39.2 Å². The van der Waals surface area contributed by atoms with Gasteiger partial charge in [0, 0.05) is 12.5 Å². The van der Waals surface area contributed by atoms with E-state index >= 15 is 0 Å². The molecule has 27 heavy (non-hydrogen) atoms. The molecule has 1 amide bonds. The molecule has 3 aromatic rings. The summed E-state index contributed by atoms with van der Waals surface area (Å²) in [5, 5.41) is 2.44. The molecule has 1 unspecified atom stereocenters. The first-order valence-corrected chi connectivity index (χ1v) is 9.47. The van der Waals surface area contributed by atoms with Gasteiger partial charge in [0.2, 0.25) is 0 Å². The zero-order valence-corrected chi connectivity index (χ0v) is 16.3. The molecule has 138 valence electrons. The zero-order chi connectivity index (χ0) is 19.2. The quantitative estimate of drug-likeness (QED) is 0.505. The van der Waals surface area contributed by atoms with Crippen LogP contribution < -0.4 is 4.90 Å². The van der Waals surface area contributed by atoms with E-state index in [2.05, 4.69) is 61.5 Å². The number of hydrogen-bond acceptors (Lipinski definition) is 2. The molecule has 0 aliphatic carbocycles. The molecule has 0 saturated heterocycles. The Morgan fingerprint density at radius 3 is 2.41 bits per heavy atom. The second-order valence-electron chi connectivity index (χ2n) is 8.26. The molecule has 0 aromatic heterocycles. The first-order valence-electron chi connectivity index (χ1n) is 9.47. The smallest absolute Gasteiger partial charge is 0.414 e. The Labute approximate surface area is 160 Å². The SMILES string of the molecule is CC1CN(C(=O)OC(C)(C)C)c2ccc3c(-c4ccccc4)cccc3c21. The van der Waals surface area contributed by atoms with Crippen LogP contribution in [0.3, 0.4) is 0 Å². The highest BCUT2D eigenvalue weighted by Crippen LogP contribution is 2.43. The van der Waals surface area contributed by atoms with Gasteiger partial charge in [-0.25, -0.2) is 4.79 Å². The summed E-state index contributed by atoms with van der Waals surface area (Å²) in [6, 6.07) is 21.1. The topological polar surface area (TPSA) is 29.5 Å². The Hall–Kier alpha value is -2.81. The van der Waals surface area contributed by atoms with Crippen molar-refractivity contribution in [3.8, 4) is 11.1 Å². The van der Waals surface area contributed by atoms with E-state index in [9.17, 15) is 4.79 Å². The van der Waals surface area contributed by atoms with Crippen molar-refractivity contribution in [2.24, 2.45) is 0 Å². The van der Waals surface area contributed by atoms with Crippen molar-refractivity contribution in [3.63, 3.8) is 0 Å². The summed E-state index contributed by atoms with van der Waals surface area (Å²) < 4.78 is 5.62. The van der Waals surface area contributed by atoms with Crippen LogP contribution in [0.25, 0.3) is 21.9 Å². The Bertz CT molecular complexity index is 1000. The first kappa shape index (κ1) is 17.6. The van der Waals surface area contributed by atoms with Gasteiger partial charge in [-0.15, -0.1) is 0 Å². The molecule has 0 spiro atoms. The third-order valence-corrected chi connectivity index (χ3v) is 5.02. The number of amides is 1. The van der Waals surface area contributed by atoms with E-state index in [0.717, 1.165) is 5.69 Å². The summed E-state index contributed by atoms with van der Waals surface area (Å²) >= 11 is 0. The van der Waals surface area contributed by atoms with E-state index in [-0.39, 0.29) is 12.0 Å². The van der Waals surface area contributed by atoms with E-state index < -0.39 is 5.60 Å². The average molecular weight is 359 g/mol.